The number of rotatable bonds is 9. The van der Waals surface area contributed by atoms with Gasteiger partial charge in [0, 0.05) is 31.7 Å². The average molecular weight is 405 g/mol. The molecule has 3 rings (SSSR count). The molecule has 0 saturated carbocycles. The van der Waals surface area contributed by atoms with Crippen LogP contribution in [0.25, 0.3) is 0 Å². The minimum atomic E-state index is -0.0823. The standard InChI is InChI=1S/C20H28N4O3S/c1-13(2)24(14(3)4)8-7-21-19(25)18-11-23-20(28-18)22-10-15-5-6-16-17(9-15)27-12-26-16/h5-6,9,11,13-14H,7-8,10,12H2,1-4H3,(H,21,25)(H,22,23). The third-order valence-corrected chi connectivity index (χ3v) is 5.55. The predicted octanol–water partition coefficient (Wildman–Crippen LogP) is 3.33. The molecule has 1 aromatic heterocycles. The van der Waals surface area contributed by atoms with Gasteiger partial charge in [0.25, 0.3) is 5.91 Å². The molecule has 0 aliphatic carbocycles. The number of anilines is 1. The first kappa shape index (κ1) is 20.4. The summed E-state index contributed by atoms with van der Waals surface area (Å²) in [5, 5.41) is 6.96. The lowest BCUT2D eigenvalue weighted by Crippen LogP contribution is -2.42. The van der Waals surface area contributed by atoms with Gasteiger partial charge in [-0.25, -0.2) is 4.98 Å². The van der Waals surface area contributed by atoms with E-state index in [2.05, 4.69) is 48.2 Å². The lowest BCUT2D eigenvalue weighted by atomic mass is 10.2. The van der Waals surface area contributed by atoms with Gasteiger partial charge in [0.2, 0.25) is 6.79 Å². The van der Waals surface area contributed by atoms with E-state index in [1.54, 1.807) is 6.20 Å². The van der Waals surface area contributed by atoms with E-state index in [4.69, 9.17) is 9.47 Å². The Kier molecular flexibility index (Phi) is 6.74. The summed E-state index contributed by atoms with van der Waals surface area (Å²) >= 11 is 1.35. The van der Waals surface area contributed by atoms with E-state index in [-0.39, 0.29) is 12.7 Å². The number of carbonyl (C=O) groups is 1. The monoisotopic (exact) mass is 404 g/mol. The van der Waals surface area contributed by atoms with Crippen molar-refractivity contribution in [3.8, 4) is 11.5 Å². The molecule has 28 heavy (non-hydrogen) atoms. The summed E-state index contributed by atoms with van der Waals surface area (Å²) in [5.74, 6) is 1.45. The van der Waals surface area contributed by atoms with Gasteiger partial charge < -0.3 is 20.1 Å². The normalized spacial score (nSPS) is 12.8. The van der Waals surface area contributed by atoms with Crippen molar-refractivity contribution in [3.05, 3.63) is 34.8 Å². The first-order valence-corrected chi connectivity index (χ1v) is 10.4. The van der Waals surface area contributed by atoms with E-state index in [1.807, 2.05) is 18.2 Å². The molecule has 2 heterocycles. The van der Waals surface area contributed by atoms with E-state index < -0.39 is 0 Å². The molecule has 0 atom stereocenters. The van der Waals surface area contributed by atoms with Crippen LogP contribution in [-0.2, 0) is 6.54 Å². The number of amides is 1. The summed E-state index contributed by atoms with van der Waals surface area (Å²) in [6, 6.07) is 6.74. The lowest BCUT2D eigenvalue weighted by Gasteiger charge is -2.30. The molecule has 0 bridgehead atoms. The van der Waals surface area contributed by atoms with E-state index in [0.717, 1.165) is 23.6 Å². The highest BCUT2D eigenvalue weighted by molar-refractivity contribution is 7.17. The number of aromatic nitrogens is 1. The number of ether oxygens (including phenoxy) is 2. The fourth-order valence-corrected chi connectivity index (χ4v) is 3.92. The Balaban J connectivity index is 1.47. The van der Waals surface area contributed by atoms with Crippen molar-refractivity contribution in [3.63, 3.8) is 0 Å². The summed E-state index contributed by atoms with van der Waals surface area (Å²) in [5.41, 5.74) is 1.06. The van der Waals surface area contributed by atoms with Gasteiger partial charge in [0.1, 0.15) is 4.88 Å². The Morgan fingerprint density at radius 1 is 1.21 bits per heavy atom. The van der Waals surface area contributed by atoms with Crippen LogP contribution in [0.3, 0.4) is 0 Å². The third kappa shape index (κ3) is 5.14. The predicted molar refractivity (Wildman–Crippen MR) is 111 cm³/mol. The van der Waals surface area contributed by atoms with Crippen molar-refractivity contribution >= 4 is 22.4 Å². The number of hydrogen-bond donors (Lipinski definition) is 2. The maximum absolute atomic E-state index is 12.4. The molecule has 8 heteroatoms. The molecule has 0 radical (unpaired) electrons. The molecule has 2 aromatic rings. The van der Waals surface area contributed by atoms with E-state index in [9.17, 15) is 4.79 Å². The fraction of sp³-hybridized carbons (Fsp3) is 0.500. The molecule has 0 spiro atoms. The summed E-state index contributed by atoms with van der Waals surface area (Å²) in [6.45, 7) is 11.0. The molecule has 2 N–H and O–H groups in total. The minimum absolute atomic E-state index is 0.0823. The molecule has 0 saturated heterocycles. The van der Waals surface area contributed by atoms with Gasteiger partial charge in [0.15, 0.2) is 16.6 Å². The second-order valence-electron chi connectivity index (χ2n) is 7.25. The van der Waals surface area contributed by atoms with Gasteiger partial charge >= 0.3 is 0 Å². The number of benzene rings is 1. The van der Waals surface area contributed by atoms with Crippen LogP contribution in [-0.4, -0.2) is 47.8 Å². The molecule has 1 aliphatic heterocycles. The number of thiazole rings is 1. The van der Waals surface area contributed by atoms with Gasteiger partial charge in [0.05, 0.1) is 6.20 Å². The van der Waals surface area contributed by atoms with Gasteiger partial charge in [-0.15, -0.1) is 0 Å². The van der Waals surface area contributed by atoms with Gasteiger partial charge in [-0.2, -0.15) is 0 Å². The molecular formula is C20H28N4O3S. The maximum atomic E-state index is 12.4. The average Bonchev–Trinajstić information content (AvgIpc) is 3.31. The number of nitrogens with zero attached hydrogens (tertiary/aromatic N) is 2. The Morgan fingerprint density at radius 2 is 1.96 bits per heavy atom. The van der Waals surface area contributed by atoms with Crippen molar-refractivity contribution in [1.82, 2.24) is 15.2 Å². The summed E-state index contributed by atoms with van der Waals surface area (Å²) < 4.78 is 10.7. The van der Waals surface area contributed by atoms with Gasteiger partial charge in [-0.3, -0.25) is 9.69 Å². The second-order valence-corrected chi connectivity index (χ2v) is 8.28. The fourth-order valence-electron chi connectivity index (χ4n) is 3.19. The molecular weight excluding hydrogens is 376 g/mol. The minimum Gasteiger partial charge on any atom is -0.454 e. The Labute approximate surface area is 170 Å². The highest BCUT2D eigenvalue weighted by atomic mass is 32.1. The first-order valence-electron chi connectivity index (χ1n) is 9.56. The third-order valence-electron chi connectivity index (χ3n) is 4.59. The van der Waals surface area contributed by atoms with Crippen LogP contribution in [0.4, 0.5) is 5.13 Å². The molecule has 0 unspecified atom stereocenters. The number of nitrogens with one attached hydrogen (secondary N) is 2. The first-order chi connectivity index (χ1) is 13.4. The van der Waals surface area contributed by atoms with Crippen LogP contribution in [0.1, 0.15) is 42.9 Å². The highest BCUT2D eigenvalue weighted by Gasteiger charge is 2.16. The topological polar surface area (TPSA) is 75.7 Å². The zero-order valence-electron chi connectivity index (χ0n) is 16.8. The van der Waals surface area contributed by atoms with Crippen molar-refractivity contribution < 1.29 is 14.3 Å². The SMILES string of the molecule is CC(C)N(CCNC(=O)c1cnc(NCc2ccc3c(c2)OCO3)s1)C(C)C. The highest BCUT2D eigenvalue weighted by Crippen LogP contribution is 2.32. The van der Waals surface area contributed by atoms with Crippen LogP contribution in [0.2, 0.25) is 0 Å². The van der Waals surface area contributed by atoms with Crippen molar-refractivity contribution in [2.75, 3.05) is 25.2 Å². The van der Waals surface area contributed by atoms with Crippen LogP contribution < -0.4 is 20.1 Å². The largest absolute Gasteiger partial charge is 0.454 e. The summed E-state index contributed by atoms with van der Waals surface area (Å²) in [7, 11) is 0. The number of carbonyl (C=O) groups excluding carboxylic acids is 1. The summed E-state index contributed by atoms with van der Waals surface area (Å²) in [6.07, 6.45) is 1.62. The Hall–Kier alpha value is -2.32. The molecule has 7 nitrogen and oxygen atoms in total. The second kappa shape index (κ2) is 9.25. The molecule has 152 valence electrons. The van der Waals surface area contributed by atoms with Gasteiger partial charge in [-0.05, 0) is 45.4 Å². The molecule has 1 aliphatic rings. The zero-order valence-corrected chi connectivity index (χ0v) is 17.6. The number of fused-ring (bicyclic) bond motifs is 1. The zero-order chi connectivity index (χ0) is 20.1. The van der Waals surface area contributed by atoms with Crippen LogP contribution in [0, 0.1) is 0 Å². The van der Waals surface area contributed by atoms with Crippen molar-refractivity contribution in [2.24, 2.45) is 0 Å². The smallest absolute Gasteiger partial charge is 0.263 e. The van der Waals surface area contributed by atoms with Crippen molar-refractivity contribution in [1.29, 1.82) is 0 Å². The summed E-state index contributed by atoms with van der Waals surface area (Å²) in [4.78, 5) is 19.6. The lowest BCUT2D eigenvalue weighted by molar-refractivity contribution is 0.0943. The van der Waals surface area contributed by atoms with Crippen LogP contribution in [0.15, 0.2) is 24.4 Å². The van der Waals surface area contributed by atoms with Gasteiger partial charge in [-0.1, -0.05) is 17.4 Å². The number of hydrogen-bond acceptors (Lipinski definition) is 7. The van der Waals surface area contributed by atoms with Crippen molar-refractivity contribution in [2.45, 2.75) is 46.3 Å². The molecule has 0 fully saturated rings. The molecule has 1 aromatic carbocycles. The quantitative estimate of drug-likeness (QED) is 0.668. The Morgan fingerprint density at radius 3 is 2.71 bits per heavy atom. The van der Waals surface area contributed by atoms with E-state index >= 15 is 0 Å². The van der Waals surface area contributed by atoms with Crippen LogP contribution >= 0.6 is 11.3 Å². The Bertz CT molecular complexity index is 798. The molecule has 1 amide bonds. The van der Waals surface area contributed by atoms with E-state index in [0.29, 0.717) is 35.2 Å². The van der Waals surface area contributed by atoms with Crippen LogP contribution in [0.5, 0.6) is 11.5 Å². The van der Waals surface area contributed by atoms with E-state index in [1.165, 1.54) is 11.3 Å². The maximum Gasteiger partial charge on any atom is 0.263 e.